The summed E-state index contributed by atoms with van der Waals surface area (Å²) in [6, 6.07) is 8.17. The van der Waals surface area contributed by atoms with Crippen molar-refractivity contribution in [1.29, 1.82) is 0 Å². The molecular formula is C13H8Cl4N2O2. The van der Waals surface area contributed by atoms with Gasteiger partial charge in [-0.25, -0.2) is 4.79 Å². The maximum Gasteiger partial charge on any atom is 0.350 e. The van der Waals surface area contributed by atoms with Crippen molar-refractivity contribution in [2.24, 2.45) is 0 Å². The van der Waals surface area contributed by atoms with Gasteiger partial charge in [0.15, 0.2) is 0 Å². The zero-order valence-electron chi connectivity index (χ0n) is 10.3. The second-order valence-electron chi connectivity index (χ2n) is 3.94. The zero-order valence-corrected chi connectivity index (χ0v) is 13.3. The molecule has 0 aromatic heterocycles. The number of urea groups is 1. The highest BCUT2D eigenvalue weighted by molar-refractivity contribution is 6.44. The molecule has 2 amide bonds. The Balaban J connectivity index is 2.19. The fraction of sp³-hybridized carbons (Fsp3) is 0. The predicted octanol–water partition coefficient (Wildman–Crippen LogP) is 5.73. The Labute approximate surface area is 140 Å². The molecule has 0 aliphatic rings. The summed E-state index contributed by atoms with van der Waals surface area (Å²) in [7, 11) is 0. The number of nitrogens with zero attached hydrogens (tertiary/aromatic N) is 1. The lowest BCUT2D eigenvalue weighted by Gasteiger charge is -2.17. The van der Waals surface area contributed by atoms with Gasteiger partial charge >= 0.3 is 6.03 Å². The fourth-order valence-electron chi connectivity index (χ4n) is 1.50. The number of halogens is 4. The van der Waals surface area contributed by atoms with Crippen LogP contribution in [0.5, 0.6) is 0 Å². The number of nitrogens with one attached hydrogen (secondary N) is 1. The van der Waals surface area contributed by atoms with Crippen molar-refractivity contribution in [3.8, 4) is 0 Å². The summed E-state index contributed by atoms with van der Waals surface area (Å²) in [5, 5.41) is 13.7. The van der Waals surface area contributed by atoms with Crippen molar-refractivity contribution in [1.82, 2.24) is 0 Å². The SMILES string of the molecule is O=C(Nc1cccc(Cl)c1Cl)N(O)c1ccc(Cl)c(Cl)c1. The molecule has 0 spiro atoms. The van der Waals surface area contributed by atoms with Crippen LogP contribution in [0.1, 0.15) is 0 Å². The van der Waals surface area contributed by atoms with Gasteiger partial charge in [-0.3, -0.25) is 5.21 Å². The summed E-state index contributed by atoms with van der Waals surface area (Å²) >= 11 is 23.4. The molecule has 4 nitrogen and oxygen atoms in total. The van der Waals surface area contributed by atoms with Crippen molar-refractivity contribution in [3.05, 3.63) is 56.5 Å². The van der Waals surface area contributed by atoms with E-state index in [0.717, 1.165) is 0 Å². The second-order valence-corrected chi connectivity index (χ2v) is 5.54. The molecular weight excluding hydrogens is 358 g/mol. The summed E-state index contributed by atoms with van der Waals surface area (Å²) in [5.41, 5.74) is 0.424. The standard InChI is InChI=1S/C13H8Cl4N2O2/c14-8-5-4-7(6-10(8)16)19(21)13(20)18-11-3-1-2-9(15)12(11)17/h1-6,21H,(H,18,20). The van der Waals surface area contributed by atoms with Crippen LogP contribution in [-0.2, 0) is 0 Å². The molecule has 0 aliphatic heterocycles. The van der Waals surface area contributed by atoms with E-state index in [0.29, 0.717) is 10.1 Å². The number of anilines is 2. The Bertz CT molecular complexity index is 694. The van der Waals surface area contributed by atoms with E-state index in [1.54, 1.807) is 18.2 Å². The van der Waals surface area contributed by atoms with E-state index in [4.69, 9.17) is 46.4 Å². The molecule has 0 saturated heterocycles. The van der Waals surface area contributed by atoms with Crippen molar-refractivity contribution < 1.29 is 10.0 Å². The van der Waals surface area contributed by atoms with E-state index in [1.165, 1.54) is 18.2 Å². The Kier molecular flexibility index (Phi) is 5.19. The Morgan fingerprint density at radius 3 is 2.38 bits per heavy atom. The summed E-state index contributed by atoms with van der Waals surface area (Å²) in [6.07, 6.45) is 0. The second kappa shape index (κ2) is 6.73. The third kappa shape index (κ3) is 3.73. The summed E-state index contributed by atoms with van der Waals surface area (Å²) < 4.78 is 0. The van der Waals surface area contributed by atoms with Crippen LogP contribution in [-0.4, -0.2) is 11.2 Å². The molecule has 0 saturated carbocycles. The van der Waals surface area contributed by atoms with E-state index < -0.39 is 6.03 Å². The van der Waals surface area contributed by atoms with Gasteiger partial charge in [0.05, 0.1) is 31.5 Å². The average Bonchev–Trinajstić information content (AvgIpc) is 2.46. The lowest BCUT2D eigenvalue weighted by Crippen LogP contribution is -2.31. The highest BCUT2D eigenvalue weighted by Gasteiger charge is 2.16. The highest BCUT2D eigenvalue weighted by atomic mass is 35.5. The van der Waals surface area contributed by atoms with Crippen molar-refractivity contribution >= 4 is 63.8 Å². The number of rotatable bonds is 2. The molecule has 0 fully saturated rings. The molecule has 2 N–H and O–H groups in total. The maximum absolute atomic E-state index is 12.0. The van der Waals surface area contributed by atoms with Gasteiger partial charge in [-0.2, -0.15) is 5.06 Å². The molecule has 0 radical (unpaired) electrons. The van der Waals surface area contributed by atoms with Gasteiger partial charge in [0.1, 0.15) is 0 Å². The van der Waals surface area contributed by atoms with E-state index >= 15 is 0 Å². The van der Waals surface area contributed by atoms with Crippen molar-refractivity contribution in [2.45, 2.75) is 0 Å². The number of carbonyl (C=O) groups excluding carboxylic acids is 1. The molecule has 0 unspecified atom stereocenters. The molecule has 0 heterocycles. The number of carbonyl (C=O) groups is 1. The molecule has 8 heteroatoms. The molecule has 0 aliphatic carbocycles. The fourth-order valence-corrected chi connectivity index (χ4v) is 2.14. The number of hydroxylamine groups is 1. The van der Waals surface area contributed by atoms with Crippen LogP contribution in [0.4, 0.5) is 16.2 Å². The summed E-state index contributed by atoms with van der Waals surface area (Å²) in [6.45, 7) is 0. The smallest absolute Gasteiger partial charge is 0.304 e. The van der Waals surface area contributed by atoms with Gasteiger partial charge in [0.2, 0.25) is 0 Å². The van der Waals surface area contributed by atoms with Crippen LogP contribution >= 0.6 is 46.4 Å². The molecule has 2 aromatic rings. The third-order valence-electron chi connectivity index (χ3n) is 2.53. The van der Waals surface area contributed by atoms with Gasteiger partial charge in [-0.15, -0.1) is 0 Å². The molecule has 0 bridgehead atoms. The first-order valence-electron chi connectivity index (χ1n) is 5.59. The topological polar surface area (TPSA) is 52.6 Å². The van der Waals surface area contributed by atoms with Crippen LogP contribution < -0.4 is 10.4 Å². The quantitative estimate of drug-likeness (QED) is 0.527. The molecule has 0 atom stereocenters. The number of hydrogen-bond donors (Lipinski definition) is 2. The normalized spacial score (nSPS) is 10.3. The first kappa shape index (κ1) is 16.2. The van der Waals surface area contributed by atoms with Gasteiger partial charge < -0.3 is 5.32 Å². The van der Waals surface area contributed by atoms with E-state index in [9.17, 15) is 10.0 Å². The minimum atomic E-state index is -0.822. The zero-order chi connectivity index (χ0) is 15.6. The van der Waals surface area contributed by atoms with Crippen LogP contribution in [0.2, 0.25) is 20.1 Å². The Morgan fingerprint density at radius 1 is 1.00 bits per heavy atom. The molecule has 21 heavy (non-hydrogen) atoms. The van der Waals surface area contributed by atoms with E-state index in [-0.39, 0.29) is 26.4 Å². The van der Waals surface area contributed by atoms with E-state index in [2.05, 4.69) is 5.32 Å². The first-order valence-corrected chi connectivity index (χ1v) is 7.10. The van der Waals surface area contributed by atoms with Crippen LogP contribution in [0, 0.1) is 0 Å². The lowest BCUT2D eigenvalue weighted by molar-refractivity contribution is 0.216. The average molecular weight is 366 g/mol. The highest BCUT2D eigenvalue weighted by Crippen LogP contribution is 2.30. The largest absolute Gasteiger partial charge is 0.350 e. The van der Waals surface area contributed by atoms with Gasteiger partial charge in [-0.05, 0) is 30.3 Å². The van der Waals surface area contributed by atoms with Gasteiger partial charge in [-0.1, -0.05) is 52.5 Å². The number of hydrogen-bond acceptors (Lipinski definition) is 2. The minimum Gasteiger partial charge on any atom is -0.304 e. The lowest BCUT2D eigenvalue weighted by atomic mass is 10.3. The summed E-state index contributed by atoms with van der Waals surface area (Å²) in [5.74, 6) is 0. The maximum atomic E-state index is 12.0. The Morgan fingerprint density at radius 2 is 1.71 bits per heavy atom. The van der Waals surface area contributed by atoms with Crippen molar-refractivity contribution in [2.75, 3.05) is 10.4 Å². The minimum absolute atomic E-state index is 0.153. The Hall–Kier alpha value is -1.17. The molecule has 2 aromatic carbocycles. The van der Waals surface area contributed by atoms with E-state index in [1.807, 2.05) is 0 Å². The van der Waals surface area contributed by atoms with Crippen molar-refractivity contribution in [3.63, 3.8) is 0 Å². The van der Waals surface area contributed by atoms with Gasteiger partial charge in [0, 0.05) is 0 Å². The number of amides is 2. The summed E-state index contributed by atoms with van der Waals surface area (Å²) in [4.78, 5) is 12.0. The third-order valence-corrected chi connectivity index (χ3v) is 4.09. The predicted molar refractivity (Wildman–Crippen MR) is 86.2 cm³/mol. The first-order chi connectivity index (χ1) is 9.90. The van der Waals surface area contributed by atoms with Crippen LogP contribution in [0.15, 0.2) is 36.4 Å². The molecule has 110 valence electrons. The monoisotopic (exact) mass is 364 g/mol. The van der Waals surface area contributed by atoms with Gasteiger partial charge in [0.25, 0.3) is 0 Å². The molecule has 2 rings (SSSR count). The van der Waals surface area contributed by atoms with Crippen LogP contribution in [0.25, 0.3) is 0 Å². The van der Waals surface area contributed by atoms with Crippen LogP contribution in [0.3, 0.4) is 0 Å². The number of benzene rings is 2.